The van der Waals surface area contributed by atoms with Gasteiger partial charge in [-0.3, -0.25) is 9.78 Å². The van der Waals surface area contributed by atoms with Crippen molar-refractivity contribution < 1.29 is 4.79 Å². The topological polar surface area (TPSA) is 54.0 Å². The monoisotopic (exact) mass is 379 g/mol. The lowest BCUT2D eigenvalue weighted by Gasteiger charge is -2.45. The number of nitrogens with one attached hydrogen (secondary N) is 2. The molecular weight excluding hydrogens is 346 g/mol. The Hall–Kier alpha value is -1.94. The van der Waals surface area contributed by atoms with Crippen molar-refractivity contribution in [3.8, 4) is 0 Å². The van der Waals surface area contributed by atoms with Gasteiger partial charge in [0.05, 0.1) is 11.1 Å². The molecule has 0 saturated heterocycles. The minimum atomic E-state index is 0.0573. The number of benzene rings is 1. The van der Waals surface area contributed by atoms with Gasteiger partial charge in [0.25, 0.3) is 5.91 Å². The highest BCUT2D eigenvalue weighted by molar-refractivity contribution is 6.06. The molecule has 0 atom stereocenters. The van der Waals surface area contributed by atoms with Crippen molar-refractivity contribution in [3.05, 3.63) is 41.6 Å². The van der Waals surface area contributed by atoms with Crippen LogP contribution >= 0.6 is 0 Å². The van der Waals surface area contributed by atoms with Gasteiger partial charge in [0, 0.05) is 18.1 Å². The summed E-state index contributed by atoms with van der Waals surface area (Å²) in [4.78, 5) is 17.7. The van der Waals surface area contributed by atoms with Crippen LogP contribution < -0.4 is 10.6 Å². The van der Waals surface area contributed by atoms with E-state index in [0.717, 1.165) is 48.3 Å². The Morgan fingerprint density at radius 2 is 2.04 bits per heavy atom. The number of rotatable bonds is 7. The zero-order valence-electron chi connectivity index (χ0n) is 17.1. The summed E-state index contributed by atoms with van der Waals surface area (Å²) >= 11 is 0. The highest BCUT2D eigenvalue weighted by Crippen LogP contribution is 2.48. The van der Waals surface area contributed by atoms with Gasteiger partial charge in [0.1, 0.15) is 0 Å². The van der Waals surface area contributed by atoms with Crippen LogP contribution in [0.1, 0.15) is 67.3 Å². The fourth-order valence-corrected chi connectivity index (χ4v) is 5.53. The zero-order valence-corrected chi connectivity index (χ0v) is 17.1. The van der Waals surface area contributed by atoms with Crippen LogP contribution in [0.4, 0.5) is 0 Å². The van der Waals surface area contributed by atoms with Crippen LogP contribution in [-0.2, 0) is 6.42 Å². The quantitative estimate of drug-likeness (QED) is 0.698. The molecule has 1 heterocycles. The maximum Gasteiger partial charge on any atom is 0.252 e. The number of aromatic nitrogens is 1. The van der Waals surface area contributed by atoms with Gasteiger partial charge in [-0.1, -0.05) is 43.9 Å². The number of carbonyl (C=O) groups is 1. The molecule has 2 aliphatic rings. The van der Waals surface area contributed by atoms with E-state index in [2.05, 4.69) is 27.8 Å². The van der Waals surface area contributed by atoms with E-state index in [1.807, 2.05) is 19.2 Å². The number of nitrogens with zero attached hydrogens (tertiary/aromatic N) is 1. The molecule has 0 radical (unpaired) electrons. The molecule has 0 aliphatic heterocycles. The maximum absolute atomic E-state index is 13.1. The smallest absolute Gasteiger partial charge is 0.252 e. The van der Waals surface area contributed by atoms with Gasteiger partial charge in [-0.05, 0) is 68.7 Å². The van der Waals surface area contributed by atoms with Gasteiger partial charge >= 0.3 is 0 Å². The molecule has 2 fully saturated rings. The normalized spacial score (nSPS) is 24.2. The predicted octanol–water partition coefficient (Wildman–Crippen LogP) is 4.48. The average molecular weight is 380 g/mol. The number of hydrogen-bond donors (Lipinski definition) is 2. The van der Waals surface area contributed by atoms with Crippen molar-refractivity contribution in [2.45, 2.75) is 57.8 Å². The summed E-state index contributed by atoms with van der Waals surface area (Å²) in [6.07, 6.45) is 13.1. The molecule has 4 heteroatoms. The van der Waals surface area contributed by atoms with Crippen molar-refractivity contribution in [2.75, 3.05) is 20.1 Å². The fraction of sp³-hybridized carbons (Fsp3) is 0.583. The Labute approximate surface area is 168 Å². The van der Waals surface area contributed by atoms with Crippen molar-refractivity contribution in [1.29, 1.82) is 0 Å². The Kier molecular flexibility index (Phi) is 5.96. The standard InChI is InChI=1S/C24H33N3O/c1-25-14-5-9-19-8-2-10-20-21(11-15-26-22(19)20)23(28)27-17-24-12-3-6-18(16-24)7-4-13-24/h2,8,10-11,15,18,25H,3-7,9,12-14,16-17H2,1H3,(H,27,28). The molecule has 2 N–H and O–H groups in total. The number of para-hydroxylation sites is 1. The molecule has 2 aromatic rings. The maximum atomic E-state index is 13.1. The minimum absolute atomic E-state index is 0.0573. The van der Waals surface area contributed by atoms with Crippen LogP contribution in [0.5, 0.6) is 0 Å². The van der Waals surface area contributed by atoms with Gasteiger partial charge in [0.15, 0.2) is 0 Å². The van der Waals surface area contributed by atoms with E-state index in [0.29, 0.717) is 5.41 Å². The molecule has 28 heavy (non-hydrogen) atoms. The molecule has 0 unspecified atom stereocenters. The molecule has 1 aromatic heterocycles. The number of fused-ring (bicyclic) bond motifs is 3. The highest BCUT2D eigenvalue weighted by Gasteiger charge is 2.39. The number of carbonyl (C=O) groups excluding carboxylic acids is 1. The summed E-state index contributed by atoms with van der Waals surface area (Å²) in [7, 11) is 1.98. The second-order valence-corrected chi connectivity index (χ2v) is 8.92. The molecule has 0 spiro atoms. The minimum Gasteiger partial charge on any atom is -0.351 e. The molecule has 2 saturated carbocycles. The first-order chi connectivity index (χ1) is 13.7. The number of pyridine rings is 1. The van der Waals surface area contributed by atoms with Crippen LogP contribution in [0, 0.1) is 11.3 Å². The van der Waals surface area contributed by atoms with Crippen LogP contribution in [-0.4, -0.2) is 31.0 Å². The SMILES string of the molecule is CNCCCc1cccc2c(C(=O)NCC34CCCC(CCC3)C4)ccnc12. The summed E-state index contributed by atoms with van der Waals surface area (Å²) in [5.74, 6) is 0.947. The lowest BCUT2D eigenvalue weighted by atomic mass is 9.62. The summed E-state index contributed by atoms with van der Waals surface area (Å²) < 4.78 is 0. The van der Waals surface area contributed by atoms with Gasteiger partial charge in [-0.15, -0.1) is 0 Å². The van der Waals surface area contributed by atoms with E-state index in [4.69, 9.17) is 0 Å². The molecule has 1 aromatic carbocycles. The summed E-state index contributed by atoms with van der Waals surface area (Å²) in [6.45, 7) is 1.81. The van der Waals surface area contributed by atoms with Crippen LogP contribution in [0.15, 0.2) is 30.5 Å². The van der Waals surface area contributed by atoms with Gasteiger partial charge in [-0.25, -0.2) is 0 Å². The first-order valence-corrected chi connectivity index (χ1v) is 11.0. The lowest BCUT2D eigenvalue weighted by Crippen LogP contribution is -2.43. The van der Waals surface area contributed by atoms with Crippen molar-refractivity contribution >= 4 is 16.8 Å². The highest BCUT2D eigenvalue weighted by atomic mass is 16.1. The largest absolute Gasteiger partial charge is 0.351 e. The second kappa shape index (κ2) is 8.60. The van der Waals surface area contributed by atoms with E-state index in [-0.39, 0.29) is 5.91 Å². The van der Waals surface area contributed by atoms with Gasteiger partial charge in [0.2, 0.25) is 0 Å². The van der Waals surface area contributed by atoms with Crippen molar-refractivity contribution in [1.82, 2.24) is 15.6 Å². The summed E-state index contributed by atoms with van der Waals surface area (Å²) in [6, 6.07) is 8.10. The Morgan fingerprint density at radius 1 is 1.21 bits per heavy atom. The Bertz CT molecular complexity index is 822. The number of aryl methyl sites for hydroxylation is 1. The average Bonchev–Trinajstić information content (AvgIpc) is 2.72. The van der Waals surface area contributed by atoms with E-state index in [1.54, 1.807) is 6.20 Å². The Balaban J connectivity index is 1.50. The van der Waals surface area contributed by atoms with E-state index >= 15 is 0 Å². The van der Waals surface area contributed by atoms with Gasteiger partial charge < -0.3 is 10.6 Å². The molecule has 2 aliphatic carbocycles. The number of hydrogen-bond acceptors (Lipinski definition) is 3. The van der Waals surface area contributed by atoms with Crippen molar-refractivity contribution in [2.24, 2.45) is 11.3 Å². The van der Waals surface area contributed by atoms with Crippen LogP contribution in [0.3, 0.4) is 0 Å². The van der Waals surface area contributed by atoms with Crippen molar-refractivity contribution in [3.63, 3.8) is 0 Å². The molecule has 1 amide bonds. The predicted molar refractivity (Wildman–Crippen MR) is 115 cm³/mol. The Morgan fingerprint density at radius 3 is 2.82 bits per heavy atom. The van der Waals surface area contributed by atoms with E-state index in [9.17, 15) is 4.79 Å². The third-order valence-corrected chi connectivity index (χ3v) is 6.96. The lowest BCUT2D eigenvalue weighted by molar-refractivity contribution is 0.0682. The number of amides is 1. The van der Waals surface area contributed by atoms with Crippen LogP contribution in [0.25, 0.3) is 10.9 Å². The van der Waals surface area contributed by atoms with E-state index < -0.39 is 0 Å². The van der Waals surface area contributed by atoms with Gasteiger partial charge in [-0.2, -0.15) is 0 Å². The fourth-order valence-electron chi connectivity index (χ4n) is 5.53. The summed E-state index contributed by atoms with van der Waals surface area (Å²) in [5, 5.41) is 7.47. The first kappa shape index (κ1) is 19.4. The summed E-state index contributed by atoms with van der Waals surface area (Å²) in [5.41, 5.74) is 3.31. The molecule has 2 bridgehead atoms. The third-order valence-electron chi connectivity index (χ3n) is 6.96. The van der Waals surface area contributed by atoms with E-state index in [1.165, 1.54) is 50.5 Å². The molecular formula is C24H33N3O. The van der Waals surface area contributed by atoms with Crippen LogP contribution in [0.2, 0.25) is 0 Å². The zero-order chi connectivity index (χ0) is 19.4. The first-order valence-electron chi connectivity index (χ1n) is 11.0. The second-order valence-electron chi connectivity index (χ2n) is 8.92. The third kappa shape index (κ3) is 4.07. The molecule has 150 valence electrons. The molecule has 4 rings (SSSR count). The molecule has 4 nitrogen and oxygen atoms in total.